The van der Waals surface area contributed by atoms with Crippen LogP contribution in [0.15, 0.2) is 46.3 Å². The Morgan fingerprint density at radius 2 is 2.10 bits per heavy atom. The van der Waals surface area contributed by atoms with Gasteiger partial charge in [-0.15, -0.1) is 0 Å². The smallest absolute Gasteiger partial charge is 0.250 e. The van der Waals surface area contributed by atoms with Gasteiger partial charge in [0.05, 0.1) is 6.07 Å². The van der Waals surface area contributed by atoms with Gasteiger partial charge >= 0.3 is 0 Å². The third-order valence-corrected chi connectivity index (χ3v) is 3.25. The van der Waals surface area contributed by atoms with Gasteiger partial charge in [0, 0.05) is 25.7 Å². The van der Waals surface area contributed by atoms with Gasteiger partial charge in [-0.2, -0.15) is 5.26 Å². The first kappa shape index (κ1) is 14.7. The van der Waals surface area contributed by atoms with Crippen LogP contribution in [0.2, 0.25) is 0 Å². The highest BCUT2D eigenvalue weighted by molar-refractivity contribution is 5.62. The fraction of sp³-hybridized carbons (Fsp3) is 0.188. The van der Waals surface area contributed by atoms with E-state index >= 15 is 0 Å². The zero-order chi connectivity index (χ0) is 15.4. The number of benzene rings is 1. The van der Waals surface area contributed by atoms with Gasteiger partial charge in [0.25, 0.3) is 0 Å². The van der Waals surface area contributed by atoms with Crippen molar-refractivity contribution in [3.05, 3.63) is 58.3 Å². The third-order valence-electron chi connectivity index (χ3n) is 3.25. The van der Waals surface area contributed by atoms with Crippen molar-refractivity contribution in [1.29, 1.82) is 5.26 Å². The molecule has 0 fully saturated rings. The normalized spacial score (nSPS) is 11.7. The zero-order valence-electron chi connectivity index (χ0n) is 11.6. The summed E-state index contributed by atoms with van der Waals surface area (Å²) in [6.45, 7) is 3.31. The molecule has 1 heterocycles. The minimum Gasteiger partial charge on any atom is -0.318 e. The van der Waals surface area contributed by atoms with E-state index in [2.05, 4.69) is 11.7 Å². The molecule has 0 aliphatic heterocycles. The Bertz CT molecular complexity index is 774. The molecule has 0 aliphatic carbocycles. The van der Waals surface area contributed by atoms with Crippen LogP contribution in [-0.2, 0) is 13.5 Å². The van der Waals surface area contributed by atoms with Crippen molar-refractivity contribution in [1.82, 2.24) is 4.57 Å². The first-order valence-corrected chi connectivity index (χ1v) is 6.36. The van der Waals surface area contributed by atoms with E-state index < -0.39 is 11.9 Å². The molecule has 106 valence electrons. The third kappa shape index (κ3) is 3.23. The average Bonchev–Trinajstić information content (AvgIpc) is 2.49. The number of aromatic nitrogens is 1. The van der Waals surface area contributed by atoms with Gasteiger partial charge < -0.3 is 4.57 Å². The number of nitrogens with zero attached hydrogens (tertiary/aromatic N) is 3. The van der Waals surface area contributed by atoms with E-state index in [1.807, 2.05) is 6.07 Å². The molecule has 2 aromatic rings. The topological polar surface area (TPSA) is 58.1 Å². The number of pyridine rings is 1. The Labute approximate surface area is 121 Å². The van der Waals surface area contributed by atoms with Crippen molar-refractivity contribution in [3.8, 4) is 17.2 Å². The first-order valence-electron chi connectivity index (χ1n) is 6.36. The standard InChI is InChI=1S/C16H14FN3O/c1-19-14(9-18)7-12-4-3-11(8-15(12)17)13-5-6-16(21)20(2)10-13/h3-6,8,10,14H,1,7H2,2H3/t14-/m0/s1. The van der Waals surface area contributed by atoms with Gasteiger partial charge in [-0.05, 0) is 35.5 Å². The van der Waals surface area contributed by atoms with E-state index in [-0.39, 0.29) is 12.0 Å². The van der Waals surface area contributed by atoms with Crippen molar-refractivity contribution >= 4 is 6.72 Å². The second-order valence-corrected chi connectivity index (χ2v) is 4.70. The van der Waals surface area contributed by atoms with Crippen LogP contribution in [0, 0.1) is 17.1 Å². The minimum atomic E-state index is -0.650. The van der Waals surface area contributed by atoms with Gasteiger partial charge in [-0.3, -0.25) is 9.79 Å². The number of aliphatic imine (C=N–C) groups is 1. The van der Waals surface area contributed by atoms with E-state index in [0.717, 1.165) is 5.56 Å². The predicted octanol–water partition coefficient (Wildman–Crippen LogP) is 2.33. The maximum atomic E-state index is 14.1. The number of aryl methyl sites for hydroxylation is 1. The van der Waals surface area contributed by atoms with Crippen LogP contribution in [0.4, 0.5) is 4.39 Å². The zero-order valence-corrected chi connectivity index (χ0v) is 11.6. The second kappa shape index (κ2) is 6.14. The van der Waals surface area contributed by atoms with Gasteiger partial charge in [0.1, 0.15) is 11.9 Å². The van der Waals surface area contributed by atoms with Crippen LogP contribution in [0.3, 0.4) is 0 Å². The van der Waals surface area contributed by atoms with E-state index in [4.69, 9.17) is 5.26 Å². The summed E-state index contributed by atoms with van der Waals surface area (Å²) in [5.74, 6) is -0.398. The Kier molecular flexibility index (Phi) is 4.29. The molecule has 4 nitrogen and oxygen atoms in total. The van der Waals surface area contributed by atoms with E-state index in [9.17, 15) is 9.18 Å². The summed E-state index contributed by atoms with van der Waals surface area (Å²) in [4.78, 5) is 15.0. The maximum absolute atomic E-state index is 14.1. The van der Waals surface area contributed by atoms with Gasteiger partial charge in [0.15, 0.2) is 0 Å². The SMILES string of the molecule is C=N[C@H](C#N)Cc1ccc(-c2ccc(=O)n(C)c2)cc1F. The van der Waals surface area contributed by atoms with Gasteiger partial charge in [0.2, 0.25) is 5.56 Å². The van der Waals surface area contributed by atoms with E-state index in [0.29, 0.717) is 11.1 Å². The van der Waals surface area contributed by atoms with Crippen LogP contribution in [0.25, 0.3) is 11.1 Å². The molecule has 0 amide bonds. The fourth-order valence-corrected chi connectivity index (χ4v) is 2.02. The summed E-state index contributed by atoms with van der Waals surface area (Å²) < 4.78 is 15.5. The quantitative estimate of drug-likeness (QED) is 0.809. The molecule has 1 aromatic heterocycles. The molecule has 0 aliphatic rings. The lowest BCUT2D eigenvalue weighted by molar-refractivity contribution is 0.604. The van der Waals surface area contributed by atoms with Gasteiger partial charge in [-0.25, -0.2) is 4.39 Å². The number of hydrogen-bond donors (Lipinski definition) is 0. The highest BCUT2D eigenvalue weighted by Gasteiger charge is 2.11. The molecule has 1 aromatic carbocycles. The van der Waals surface area contributed by atoms with Crippen molar-refractivity contribution < 1.29 is 4.39 Å². The Morgan fingerprint density at radius 1 is 1.38 bits per heavy atom. The highest BCUT2D eigenvalue weighted by atomic mass is 19.1. The molecule has 1 atom stereocenters. The van der Waals surface area contributed by atoms with Crippen LogP contribution in [0.1, 0.15) is 5.56 Å². The monoisotopic (exact) mass is 283 g/mol. The summed E-state index contributed by atoms with van der Waals surface area (Å²) in [5.41, 5.74) is 1.72. The second-order valence-electron chi connectivity index (χ2n) is 4.70. The van der Waals surface area contributed by atoms with Crippen LogP contribution in [-0.4, -0.2) is 17.3 Å². The summed E-state index contributed by atoms with van der Waals surface area (Å²) in [7, 11) is 1.64. The molecular formula is C16H14FN3O. The Balaban J connectivity index is 2.34. The lowest BCUT2D eigenvalue weighted by Crippen LogP contribution is -2.14. The predicted molar refractivity (Wildman–Crippen MR) is 79.7 cm³/mol. The van der Waals surface area contributed by atoms with Gasteiger partial charge in [-0.1, -0.05) is 12.1 Å². The lowest BCUT2D eigenvalue weighted by Gasteiger charge is -2.08. The molecule has 0 spiro atoms. The van der Waals surface area contributed by atoms with E-state index in [1.165, 1.54) is 16.7 Å². The largest absolute Gasteiger partial charge is 0.318 e. The molecule has 21 heavy (non-hydrogen) atoms. The summed E-state index contributed by atoms with van der Waals surface area (Å²) in [6.07, 6.45) is 1.85. The first-order chi connectivity index (χ1) is 10.0. The minimum absolute atomic E-state index is 0.121. The average molecular weight is 283 g/mol. The van der Waals surface area contributed by atoms with Crippen molar-refractivity contribution in [3.63, 3.8) is 0 Å². The fourth-order valence-electron chi connectivity index (χ4n) is 2.02. The number of nitriles is 1. The van der Waals surface area contributed by atoms with Crippen LogP contribution < -0.4 is 5.56 Å². The van der Waals surface area contributed by atoms with Crippen molar-refractivity contribution in [2.75, 3.05) is 0 Å². The molecule has 2 rings (SSSR count). The number of hydrogen-bond acceptors (Lipinski definition) is 3. The van der Waals surface area contributed by atoms with E-state index in [1.54, 1.807) is 31.4 Å². The summed E-state index contributed by atoms with van der Waals surface area (Å²) >= 11 is 0. The summed E-state index contributed by atoms with van der Waals surface area (Å²) in [6, 6.07) is 9.18. The maximum Gasteiger partial charge on any atom is 0.250 e. The molecule has 0 bridgehead atoms. The Morgan fingerprint density at radius 3 is 2.67 bits per heavy atom. The van der Waals surface area contributed by atoms with Crippen molar-refractivity contribution in [2.24, 2.45) is 12.0 Å². The van der Waals surface area contributed by atoms with Crippen LogP contribution >= 0.6 is 0 Å². The lowest BCUT2D eigenvalue weighted by atomic mass is 10.0. The summed E-state index contributed by atoms with van der Waals surface area (Å²) in [5, 5.41) is 8.83. The number of rotatable bonds is 4. The van der Waals surface area contributed by atoms with Crippen LogP contribution in [0.5, 0.6) is 0 Å². The highest BCUT2D eigenvalue weighted by Crippen LogP contribution is 2.22. The molecule has 0 radical (unpaired) electrons. The van der Waals surface area contributed by atoms with Crippen molar-refractivity contribution in [2.45, 2.75) is 12.5 Å². The number of halogens is 1. The Hall–Kier alpha value is -2.74. The molecule has 0 saturated carbocycles. The molecule has 0 N–H and O–H groups in total. The molecule has 0 unspecified atom stereocenters. The molecular weight excluding hydrogens is 269 g/mol. The molecule has 5 heteroatoms. The molecule has 0 saturated heterocycles.